The summed E-state index contributed by atoms with van der Waals surface area (Å²) in [5.74, 6) is 0. The van der Waals surface area contributed by atoms with Gasteiger partial charge in [-0.15, -0.1) is 0 Å². The fourth-order valence-electron chi connectivity index (χ4n) is 1.18. The predicted octanol–water partition coefficient (Wildman–Crippen LogP) is 2.43. The van der Waals surface area contributed by atoms with Crippen molar-refractivity contribution in [1.29, 1.82) is 0 Å². The van der Waals surface area contributed by atoms with E-state index in [0.29, 0.717) is 17.3 Å². The zero-order valence-electron chi connectivity index (χ0n) is 9.47. The third kappa shape index (κ3) is 3.98. The van der Waals surface area contributed by atoms with E-state index in [1.807, 2.05) is 0 Å². The van der Waals surface area contributed by atoms with E-state index < -0.39 is 15.7 Å². The molecule has 2 atom stereocenters. The van der Waals surface area contributed by atoms with Crippen molar-refractivity contribution in [1.82, 2.24) is 0 Å². The minimum absolute atomic E-state index is 0.0384. The molecule has 94 valence electrons. The summed E-state index contributed by atoms with van der Waals surface area (Å²) in [6.45, 7) is 2.20. The maximum atomic E-state index is 11.2. The number of anilines is 1. The number of hydrogen-bond acceptors (Lipinski definition) is 4. The number of nitro benzene ring substituents is 1. The third-order valence-corrected chi connectivity index (χ3v) is 3.84. The first-order chi connectivity index (χ1) is 7.91. The number of nitrogens with one attached hydrogen (secondary N) is 1. The van der Waals surface area contributed by atoms with E-state index in [-0.39, 0.29) is 10.9 Å². The van der Waals surface area contributed by atoms with Crippen LogP contribution in [0.2, 0.25) is 5.02 Å². The maximum absolute atomic E-state index is 11.2. The normalized spacial score (nSPS) is 14.1. The van der Waals surface area contributed by atoms with Crippen LogP contribution in [-0.4, -0.2) is 27.2 Å². The van der Waals surface area contributed by atoms with Crippen molar-refractivity contribution in [3.8, 4) is 0 Å². The van der Waals surface area contributed by atoms with E-state index in [9.17, 15) is 14.3 Å². The van der Waals surface area contributed by atoms with Gasteiger partial charge in [0.25, 0.3) is 5.69 Å². The molecule has 17 heavy (non-hydrogen) atoms. The smallest absolute Gasteiger partial charge is 0.292 e. The van der Waals surface area contributed by atoms with Gasteiger partial charge in [-0.25, -0.2) is 0 Å². The van der Waals surface area contributed by atoms with E-state index in [4.69, 9.17) is 11.6 Å². The second-order valence-corrected chi connectivity index (χ2v) is 5.85. The molecular formula is C10H13ClN2O3S. The Morgan fingerprint density at radius 1 is 1.59 bits per heavy atom. The van der Waals surface area contributed by atoms with E-state index >= 15 is 0 Å². The summed E-state index contributed by atoms with van der Waals surface area (Å²) in [7, 11) is -0.972. The average Bonchev–Trinajstić information content (AvgIpc) is 2.25. The zero-order chi connectivity index (χ0) is 13.0. The van der Waals surface area contributed by atoms with Crippen molar-refractivity contribution >= 4 is 33.8 Å². The van der Waals surface area contributed by atoms with Gasteiger partial charge in [-0.05, 0) is 19.1 Å². The van der Waals surface area contributed by atoms with Gasteiger partial charge in [-0.3, -0.25) is 14.3 Å². The van der Waals surface area contributed by atoms with Gasteiger partial charge in [0, 0.05) is 39.9 Å². The summed E-state index contributed by atoms with van der Waals surface area (Å²) >= 11 is 5.78. The number of halogens is 1. The lowest BCUT2D eigenvalue weighted by Gasteiger charge is -2.11. The lowest BCUT2D eigenvalue weighted by atomic mass is 10.2. The molecule has 1 rings (SSSR count). The standard InChI is InChI=1S/C10H13ClN2O3S/c1-7(17(2)16)6-12-9-5-8(11)3-4-10(9)13(14)15/h3-5,7,12H,6H2,1-2H3. The van der Waals surface area contributed by atoms with Gasteiger partial charge in [-0.2, -0.15) is 0 Å². The topological polar surface area (TPSA) is 72.2 Å². The van der Waals surface area contributed by atoms with Crippen molar-refractivity contribution < 1.29 is 9.13 Å². The summed E-state index contributed by atoms with van der Waals surface area (Å²) < 4.78 is 11.2. The lowest BCUT2D eigenvalue weighted by molar-refractivity contribution is -0.384. The summed E-state index contributed by atoms with van der Waals surface area (Å²) in [6, 6.07) is 4.30. The molecule has 0 aromatic heterocycles. The Labute approximate surface area is 107 Å². The molecule has 0 heterocycles. The van der Waals surface area contributed by atoms with Crippen LogP contribution in [0.1, 0.15) is 6.92 Å². The fraction of sp³-hybridized carbons (Fsp3) is 0.400. The minimum atomic E-state index is -0.972. The maximum Gasteiger partial charge on any atom is 0.292 e. The molecule has 0 spiro atoms. The number of benzene rings is 1. The van der Waals surface area contributed by atoms with E-state index in [2.05, 4.69) is 5.32 Å². The van der Waals surface area contributed by atoms with Gasteiger partial charge in [0.05, 0.1) is 4.92 Å². The van der Waals surface area contributed by atoms with Crippen LogP contribution in [0, 0.1) is 10.1 Å². The second kappa shape index (κ2) is 5.97. The highest BCUT2D eigenvalue weighted by atomic mass is 35.5. The first kappa shape index (κ1) is 13.9. The van der Waals surface area contributed by atoms with Crippen LogP contribution in [0.5, 0.6) is 0 Å². The molecule has 0 bridgehead atoms. The van der Waals surface area contributed by atoms with E-state index in [0.717, 1.165) is 0 Å². The van der Waals surface area contributed by atoms with Crippen LogP contribution < -0.4 is 5.32 Å². The van der Waals surface area contributed by atoms with Gasteiger partial charge in [0.15, 0.2) is 0 Å². The molecule has 0 radical (unpaired) electrons. The van der Waals surface area contributed by atoms with Gasteiger partial charge in [-0.1, -0.05) is 11.6 Å². The molecular weight excluding hydrogens is 264 g/mol. The molecule has 0 saturated heterocycles. The van der Waals surface area contributed by atoms with Crippen molar-refractivity contribution in [2.24, 2.45) is 0 Å². The molecule has 7 heteroatoms. The summed E-state index contributed by atoms with van der Waals surface area (Å²) in [6.07, 6.45) is 1.60. The highest BCUT2D eigenvalue weighted by Crippen LogP contribution is 2.27. The molecule has 0 amide bonds. The van der Waals surface area contributed by atoms with Crippen LogP contribution in [0.25, 0.3) is 0 Å². The molecule has 0 aliphatic heterocycles. The van der Waals surface area contributed by atoms with Crippen molar-refractivity contribution in [3.63, 3.8) is 0 Å². The van der Waals surface area contributed by atoms with Crippen LogP contribution in [0.15, 0.2) is 18.2 Å². The number of hydrogen-bond donors (Lipinski definition) is 1. The molecule has 2 unspecified atom stereocenters. The Morgan fingerprint density at radius 2 is 2.24 bits per heavy atom. The molecule has 1 aromatic carbocycles. The third-order valence-electron chi connectivity index (χ3n) is 2.30. The van der Waals surface area contributed by atoms with Gasteiger partial charge in [0.2, 0.25) is 0 Å². The number of rotatable bonds is 5. The molecule has 5 nitrogen and oxygen atoms in total. The average molecular weight is 277 g/mol. The predicted molar refractivity (Wildman–Crippen MR) is 70.1 cm³/mol. The monoisotopic (exact) mass is 276 g/mol. The Morgan fingerprint density at radius 3 is 2.76 bits per heavy atom. The largest absolute Gasteiger partial charge is 0.378 e. The first-order valence-electron chi connectivity index (χ1n) is 4.92. The Hall–Kier alpha value is -1.14. The van der Waals surface area contributed by atoms with Crippen LogP contribution in [0.4, 0.5) is 11.4 Å². The summed E-state index contributed by atoms with van der Waals surface area (Å²) in [5, 5.41) is 14.0. The Kier molecular flexibility index (Phi) is 4.89. The Balaban J connectivity index is 2.85. The van der Waals surface area contributed by atoms with Gasteiger partial charge >= 0.3 is 0 Å². The summed E-state index contributed by atoms with van der Waals surface area (Å²) in [5.41, 5.74) is 0.309. The first-order valence-corrected chi connectivity index (χ1v) is 6.91. The quantitative estimate of drug-likeness (QED) is 0.662. The molecule has 0 fully saturated rings. The highest BCUT2D eigenvalue weighted by molar-refractivity contribution is 7.84. The van der Waals surface area contributed by atoms with Crippen LogP contribution >= 0.6 is 11.6 Å². The fourth-order valence-corrected chi connectivity index (χ4v) is 1.67. The molecule has 0 aliphatic carbocycles. The lowest BCUT2D eigenvalue weighted by Crippen LogP contribution is -2.21. The molecule has 1 N–H and O–H groups in total. The minimum Gasteiger partial charge on any atom is -0.378 e. The summed E-state index contributed by atoms with van der Waals surface area (Å²) in [4.78, 5) is 10.3. The van der Waals surface area contributed by atoms with Crippen LogP contribution in [0.3, 0.4) is 0 Å². The van der Waals surface area contributed by atoms with Crippen molar-refractivity contribution in [2.75, 3.05) is 18.1 Å². The van der Waals surface area contributed by atoms with Gasteiger partial charge in [0.1, 0.15) is 5.69 Å². The molecule has 0 saturated carbocycles. The highest BCUT2D eigenvalue weighted by Gasteiger charge is 2.15. The Bertz CT molecular complexity index is 453. The zero-order valence-corrected chi connectivity index (χ0v) is 11.0. The van der Waals surface area contributed by atoms with Crippen molar-refractivity contribution in [3.05, 3.63) is 33.3 Å². The van der Waals surface area contributed by atoms with E-state index in [1.54, 1.807) is 13.2 Å². The SMILES string of the molecule is CC(CNc1cc(Cl)ccc1[N+](=O)[O-])S(C)=O. The van der Waals surface area contributed by atoms with Gasteiger partial charge < -0.3 is 5.32 Å². The number of nitro groups is 1. The van der Waals surface area contributed by atoms with Crippen molar-refractivity contribution in [2.45, 2.75) is 12.2 Å². The van der Waals surface area contributed by atoms with E-state index in [1.165, 1.54) is 18.2 Å². The second-order valence-electron chi connectivity index (χ2n) is 3.61. The molecule has 1 aromatic rings. The number of nitrogens with zero attached hydrogens (tertiary/aromatic N) is 1. The molecule has 0 aliphatic rings. The van der Waals surface area contributed by atoms with Crippen LogP contribution in [-0.2, 0) is 10.8 Å².